The van der Waals surface area contributed by atoms with Gasteiger partial charge >= 0.3 is 0 Å². The first-order valence-electron chi connectivity index (χ1n) is 11.5. The van der Waals surface area contributed by atoms with Crippen molar-refractivity contribution in [2.75, 3.05) is 39.4 Å². The van der Waals surface area contributed by atoms with Crippen molar-refractivity contribution >= 4 is 11.0 Å². The summed E-state index contributed by atoms with van der Waals surface area (Å²) in [4.78, 5) is 18.4. The number of rotatable bonds is 7. The normalized spacial score (nSPS) is 14.7. The number of morpholine rings is 1. The second-order valence-corrected chi connectivity index (χ2v) is 8.48. The zero-order chi connectivity index (χ0) is 22.6. The molecule has 0 unspecified atom stereocenters. The molecule has 0 spiro atoms. The molecule has 0 bridgehead atoms. The third-order valence-electron chi connectivity index (χ3n) is 6.11. The number of aromatic amines is 1. The van der Waals surface area contributed by atoms with E-state index in [1.807, 2.05) is 41.1 Å². The van der Waals surface area contributed by atoms with Crippen molar-refractivity contribution in [3.05, 3.63) is 82.1 Å². The van der Waals surface area contributed by atoms with Crippen LogP contribution in [0.25, 0.3) is 28.0 Å². The monoisotopic (exact) mass is 443 g/mol. The Morgan fingerprint density at radius 3 is 2.58 bits per heavy atom. The van der Waals surface area contributed by atoms with Gasteiger partial charge in [-0.15, -0.1) is 0 Å². The number of aromatic nitrogens is 3. The van der Waals surface area contributed by atoms with Crippen LogP contribution < -0.4 is 10.9 Å². The minimum atomic E-state index is -0.0890. The first kappa shape index (κ1) is 21.6. The lowest BCUT2D eigenvalue weighted by molar-refractivity contribution is 0.0384. The summed E-state index contributed by atoms with van der Waals surface area (Å²) in [6, 6.07) is 20.2. The summed E-state index contributed by atoms with van der Waals surface area (Å²) in [7, 11) is 0. The number of hydrogen-bond donors (Lipinski definition) is 2. The van der Waals surface area contributed by atoms with E-state index < -0.39 is 0 Å². The first-order valence-corrected chi connectivity index (χ1v) is 11.5. The fourth-order valence-electron chi connectivity index (χ4n) is 4.21. The molecule has 0 aliphatic carbocycles. The van der Waals surface area contributed by atoms with Crippen LogP contribution in [0.4, 0.5) is 0 Å². The van der Waals surface area contributed by atoms with E-state index in [9.17, 15) is 4.79 Å². The quantitative estimate of drug-likeness (QED) is 0.430. The predicted octanol–water partition coefficient (Wildman–Crippen LogP) is 3.11. The Bertz CT molecular complexity index is 1270. The van der Waals surface area contributed by atoms with Gasteiger partial charge in [0.15, 0.2) is 0 Å². The molecule has 1 saturated heterocycles. The van der Waals surface area contributed by atoms with Gasteiger partial charge in [0.1, 0.15) is 11.3 Å². The Hall–Kier alpha value is -3.26. The van der Waals surface area contributed by atoms with E-state index in [4.69, 9.17) is 9.84 Å². The summed E-state index contributed by atoms with van der Waals surface area (Å²) in [6.07, 6.45) is 0. The van der Waals surface area contributed by atoms with Crippen molar-refractivity contribution in [2.45, 2.75) is 13.5 Å². The van der Waals surface area contributed by atoms with Gasteiger partial charge in [0.05, 0.1) is 18.9 Å². The molecule has 0 saturated carbocycles. The van der Waals surface area contributed by atoms with Gasteiger partial charge < -0.3 is 15.0 Å². The minimum absolute atomic E-state index is 0.0890. The van der Waals surface area contributed by atoms with Gasteiger partial charge in [0.25, 0.3) is 5.56 Å². The molecule has 7 heteroatoms. The Labute approximate surface area is 193 Å². The second-order valence-electron chi connectivity index (χ2n) is 8.48. The number of hydrogen-bond acceptors (Lipinski definition) is 5. The second kappa shape index (κ2) is 9.70. The van der Waals surface area contributed by atoms with Crippen LogP contribution in [0, 0.1) is 6.92 Å². The Kier molecular flexibility index (Phi) is 6.35. The number of nitrogens with zero attached hydrogens (tertiary/aromatic N) is 3. The molecule has 4 aromatic rings. The van der Waals surface area contributed by atoms with Crippen molar-refractivity contribution in [1.29, 1.82) is 0 Å². The molecule has 0 amide bonds. The molecule has 2 N–H and O–H groups in total. The maximum absolute atomic E-state index is 12.9. The molecule has 1 aliphatic rings. The molecule has 1 fully saturated rings. The molecule has 7 nitrogen and oxygen atoms in total. The van der Waals surface area contributed by atoms with Crippen LogP contribution in [0.5, 0.6) is 0 Å². The molecule has 1 aliphatic heterocycles. The molecule has 0 radical (unpaired) electrons. The number of para-hydroxylation sites is 1. The van der Waals surface area contributed by atoms with Crippen molar-refractivity contribution < 1.29 is 4.74 Å². The molecular weight excluding hydrogens is 414 g/mol. The molecule has 5 rings (SSSR count). The standard InChI is InChI=1S/C26H29N5O2/c1-19-7-9-20(10-8-19)24-23-17-21(18-27-11-12-30-13-15-33-16-14-30)26(32)28-25(23)31(29-24)22-5-3-2-4-6-22/h2-10,17,27H,11-16,18H2,1H3,(H,28,32). The summed E-state index contributed by atoms with van der Waals surface area (Å²) in [5.74, 6) is 0. The third-order valence-corrected chi connectivity index (χ3v) is 6.11. The number of aryl methyl sites for hydroxylation is 1. The van der Waals surface area contributed by atoms with E-state index in [1.54, 1.807) is 0 Å². The van der Waals surface area contributed by atoms with Crippen LogP contribution in [0.2, 0.25) is 0 Å². The Morgan fingerprint density at radius 1 is 1.06 bits per heavy atom. The smallest absolute Gasteiger partial charge is 0.254 e. The number of H-pyrrole nitrogens is 1. The number of ether oxygens (including phenoxy) is 1. The van der Waals surface area contributed by atoms with E-state index in [0.29, 0.717) is 17.8 Å². The Balaban J connectivity index is 1.46. The van der Waals surface area contributed by atoms with Crippen LogP contribution in [0.3, 0.4) is 0 Å². The number of pyridine rings is 1. The number of nitrogens with one attached hydrogen (secondary N) is 2. The minimum Gasteiger partial charge on any atom is -0.379 e. The van der Waals surface area contributed by atoms with Crippen LogP contribution in [-0.4, -0.2) is 59.1 Å². The van der Waals surface area contributed by atoms with Gasteiger partial charge in [-0.3, -0.25) is 9.69 Å². The lowest BCUT2D eigenvalue weighted by atomic mass is 10.1. The highest BCUT2D eigenvalue weighted by Crippen LogP contribution is 2.29. The van der Waals surface area contributed by atoms with Crippen molar-refractivity contribution in [3.63, 3.8) is 0 Å². The van der Waals surface area contributed by atoms with Gasteiger partial charge in [-0.2, -0.15) is 5.10 Å². The summed E-state index contributed by atoms with van der Waals surface area (Å²) in [5.41, 5.74) is 5.33. The zero-order valence-corrected chi connectivity index (χ0v) is 18.9. The van der Waals surface area contributed by atoms with Crippen molar-refractivity contribution in [1.82, 2.24) is 25.0 Å². The van der Waals surface area contributed by atoms with E-state index in [2.05, 4.69) is 46.4 Å². The SMILES string of the molecule is Cc1ccc(-c2nn(-c3ccccc3)c3[nH]c(=O)c(CNCCN4CCOCC4)cc23)cc1. The highest BCUT2D eigenvalue weighted by Gasteiger charge is 2.17. The molecule has 2 aromatic heterocycles. The third kappa shape index (κ3) is 4.75. The average Bonchev–Trinajstić information content (AvgIpc) is 3.21. The maximum Gasteiger partial charge on any atom is 0.254 e. The lowest BCUT2D eigenvalue weighted by Gasteiger charge is -2.26. The van der Waals surface area contributed by atoms with Crippen LogP contribution in [-0.2, 0) is 11.3 Å². The molecule has 0 atom stereocenters. The average molecular weight is 444 g/mol. The van der Waals surface area contributed by atoms with Crippen LogP contribution in [0.1, 0.15) is 11.1 Å². The highest BCUT2D eigenvalue weighted by atomic mass is 16.5. The number of fused-ring (bicyclic) bond motifs is 1. The zero-order valence-electron chi connectivity index (χ0n) is 18.9. The van der Waals surface area contributed by atoms with Crippen LogP contribution in [0.15, 0.2) is 65.5 Å². The van der Waals surface area contributed by atoms with E-state index >= 15 is 0 Å². The maximum atomic E-state index is 12.9. The lowest BCUT2D eigenvalue weighted by Crippen LogP contribution is -2.40. The van der Waals surface area contributed by atoms with Gasteiger partial charge in [-0.05, 0) is 25.1 Å². The van der Waals surface area contributed by atoms with Gasteiger partial charge in [0, 0.05) is 49.2 Å². The van der Waals surface area contributed by atoms with E-state index in [-0.39, 0.29) is 5.56 Å². The molecular formula is C26H29N5O2. The fourth-order valence-corrected chi connectivity index (χ4v) is 4.21. The van der Waals surface area contributed by atoms with Gasteiger partial charge in [-0.25, -0.2) is 4.68 Å². The molecule has 33 heavy (non-hydrogen) atoms. The summed E-state index contributed by atoms with van der Waals surface area (Å²) in [6.45, 7) is 7.88. The van der Waals surface area contributed by atoms with Crippen molar-refractivity contribution in [3.8, 4) is 16.9 Å². The van der Waals surface area contributed by atoms with E-state index in [0.717, 1.165) is 61.7 Å². The van der Waals surface area contributed by atoms with Crippen LogP contribution >= 0.6 is 0 Å². The molecule has 2 aromatic carbocycles. The predicted molar refractivity (Wildman–Crippen MR) is 131 cm³/mol. The fraction of sp³-hybridized carbons (Fsp3) is 0.308. The van der Waals surface area contributed by atoms with Gasteiger partial charge in [-0.1, -0.05) is 48.0 Å². The van der Waals surface area contributed by atoms with Crippen molar-refractivity contribution in [2.24, 2.45) is 0 Å². The Morgan fingerprint density at radius 2 is 1.82 bits per heavy atom. The molecule has 3 heterocycles. The summed E-state index contributed by atoms with van der Waals surface area (Å²) < 4.78 is 7.23. The van der Waals surface area contributed by atoms with E-state index in [1.165, 1.54) is 5.56 Å². The highest BCUT2D eigenvalue weighted by molar-refractivity contribution is 5.92. The number of benzene rings is 2. The summed E-state index contributed by atoms with van der Waals surface area (Å²) in [5, 5.41) is 9.27. The first-order chi connectivity index (χ1) is 16.2. The molecule has 170 valence electrons. The largest absolute Gasteiger partial charge is 0.379 e. The van der Waals surface area contributed by atoms with Gasteiger partial charge in [0.2, 0.25) is 0 Å². The topological polar surface area (TPSA) is 75.2 Å². The summed E-state index contributed by atoms with van der Waals surface area (Å²) >= 11 is 0.